The zero-order valence-electron chi connectivity index (χ0n) is 20.4. The maximum absolute atomic E-state index is 13.2. The molecule has 1 unspecified atom stereocenters. The van der Waals surface area contributed by atoms with E-state index in [1.54, 1.807) is 29.9 Å². The van der Waals surface area contributed by atoms with Crippen LogP contribution in [0.5, 0.6) is 0 Å². The Bertz CT molecular complexity index is 1300. The number of nitrogens with one attached hydrogen (secondary N) is 3. The van der Waals surface area contributed by atoms with Crippen LogP contribution in [-0.2, 0) is 14.4 Å². The molecule has 1 aromatic heterocycles. The molecule has 1 atom stereocenters. The van der Waals surface area contributed by atoms with Gasteiger partial charge in [0.05, 0.1) is 17.4 Å². The van der Waals surface area contributed by atoms with Crippen LogP contribution in [0.25, 0.3) is 17.0 Å². The number of para-hydroxylation sites is 2. The van der Waals surface area contributed by atoms with Gasteiger partial charge in [0.2, 0.25) is 17.7 Å². The van der Waals surface area contributed by atoms with Crippen molar-refractivity contribution in [2.45, 2.75) is 32.1 Å². The monoisotopic (exact) mass is 501 g/mol. The Kier molecular flexibility index (Phi) is 9.92. The second-order valence-corrected chi connectivity index (χ2v) is 8.51. The molecular formula is C28H31N5O4. The van der Waals surface area contributed by atoms with E-state index in [1.165, 1.54) is 6.08 Å². The Labute approximate surface area is 215 Å². The Morgan fingerprint density at radius 3 is 2.54 bits per heavy atom. The maximum atomic E-state index is 13.2. The fourth-order valence-electron chi connectivity index (χ4n) is 3.80. The molecule has 9 nitrogen and oxygen atoms in total. The summed E-state index contributed by atoms with van der Waals surface area (Å²) in [6, 6.07) is 16.5. The van der Waals surface area contributed by atoms with Gasteiger partial charge in [0, 0.05) is 23.2 Å². The molecule has 2 aromatic carbocycles. The molecule has 0 radical (unpaired) electrons. The van der Waals surface area contributed by atoms with Crippen LogP contribution in [0.2, 0.25) is 0 Å². The van der Waals surface area contributed by atoms with Gasteiger partial charge in [-0.25, -0.2) is 5.48 Å². The Balaban J connectivity index is 1.74. The lowest BCUT2D eigenvalue weighted by molar-refractivity contribution is -0.132. The van der Waals surface area contributed by atoms with Crippen LogP contribution in [0.1, 0.15) is 37.7 Å². The summed E-state index contributed by atoms with van der Waals surface area (Å²) in [6.45, 7) is 3.76. The number of carbonyl (C=O) groups excluding carboxylic acids is 3. The zero-order chi connectivity index (χ0) is 26.6. The van der Waals surface area contributed by atoms with Crippen LogP contribution < -0.4 is 21.8 Å². The van der Waals surface area contributed by atoms with Crippen molar-refractivity contribution >= 4 is 46.1 Å². The molecule has 9 heteroatoms. The number of nitrogens with zero attached hydrogens (tertiary/aromatic N) is 1. The van der Waals surface area contributed by atoms with Crippen molar-refractivity contribution < 1.29 is 19.6 Å². The van der Waals surface area contributed by atoms with Gasteiger partial charge >= 0.3 is 0 Å². The predicted octanol–water partition coefficient (Wildman–Crippen LogP) is 4.17. The lowest BCUT2D eigenvalue weighted by Gasteiger charge is -2.17. The predicted molar refractivity (Wildman–Crippen MR) is 144 cm³/mol. The molecule has 0 saturated heterocycles. The van der Waals surface area contributed by atoms with Crippen LogP contribution >= 0.6 is 0 Å². The first kappa shape index (κ1) is 27.1. The summed E-state index contributed by atoms with van der Waals surface area (Å²) in [5.41, 5.74) is 10.5. The summed E-state index contributed by atoms with van der Waals surface area (Å²) >= 11 is 0. The van der Waals surface area contributed by atoms with E-state index in [1.807, 2.05) is 42.5 Å². The van der Waals surface area contributed by atoms with Crippen LogP contribution in [0, 0.1) is 5.92 Å². The van der Waals surface area contributed by atoms with Gasteiger partial charge in [-0.3, -0.25) is 24.6 Å². The number of hydroxylamine groups is 1. The Morgan fingerprint density at radius 2 is 1.78 bits per heavy atom. The normalized spacial score (nSPS) is 12.0. The second-order valence-electron chi connectivity index (χ2n) is 8.51. The second kappa shape index (κ2) is 13.6. The number of rotatable bonds is 12. The molecule has 3 amide bonds. The first-order valence-corrected chi connectivity index (χ1v) is 12.0. The van der Waals surface area contributed by atoms with Gasteiger partial charge in [-0.15, -0.1) is 0 Å². The molecule has 6 N–H and O–H groups in total. The number of aromatic nitrogens is 1. The molecule has 192 valence electrons. The summed E-state index contributed by atoms with van der Waals surface area (Å²) in [5.74, 6) is -2.43. The third-order valence-corrected chi connectivity index (χ3v) is 5.81. The summed E-state index contributed by atoms with van der Waals surface area (Å²) in [6.07, 6.45) is 6.79. The zero-order valence-corrected chi connectivity index (χ0v) is 20.4. The van der Waals surface area contributed by atoms with E-state index in [4.69, 9.17) is 10.9 Å². The molecule has 0 saturated carbocycles. The number of pyridine rings is 1. The minimum Gasteiger partial charge on any atom is -0.398 e. The first-order valence-electron chi connectivity index (χ1n) is 12.0. The lowest BCUT2D eigenvalue weighted by atomic mass is 9.98. The molecule has 3 aromatic rings. The van der Waals surface area contributed by atoms with E-state index in [0.717, 1.165) is 10.9 Å². The topological polar surface area (TPSA) is 146 Å². The Morgan fingerprint density at radius 1 is 1.03 bits per heavy atom. The van der Waals surface area contributed by atoms with E-state index in [-0.39, 0.29) is 12.8 Å². The molecule has 37 heavy (non-hydrogen) atoms. The number of fused-ring (bicyclic) bond motifs is 1. The average molecular weight is 502 g/mol. The van der Waals surface area contributed by atoms with Crippen molar-refractivity contribution in [1.29, 1.82) is 0 Å². The van der Waals surface area contributed by atoms with E-state index >= 15 is 0 Å². The van der Waals surface area contributed by atoms with Crippen LogP contribution in [0.15, 0.2) is 79.1 Å². The molecule has 0 aliphatic carbocycles. The van der Waals surface area contributed by atoms with Crippen molar-refractivity contribution in [3.05, 3.63) is 84.7 Å². The van der Waals surface area contributed by atoms with Crippen molar-refractivity contribution in [1.82, 2.24) is 15.8 Å². The molecule has 0 spiro atoms. The summed E-state index contributed by atoms with van der Waals surface area (Å²) < 4.78 is 0. The summed E-state index contributed by atoms with van der Waals surface area (Å²) in [5, 5.41) is 15.1. The molecular weight excluding hydrogens is 470 g/mol. The summed E-state index contributed by atoms with van der Waals surface area (Å²) in [7, 11) is 0. The number of allylic oxidation sites excluding steroid dienone is 1. The number of benzene rings is 2. The van der Waals surface area contributed by atoms with Gasteiger partial charge in [0.1, 0.15) is 5.92 Å². The SMILES string of the molecule is C=C/C(=C\c1ccccc1N)NC(=O)C(CCCCCC(=O)NO)C(=O)Nc1cnc2ccccc2c1. The standard InChI is InChI=1S/C28H31N5O4/c1-2-21(16-19-10-6-8-13-24(19)29)31-27(35)23(12-4-3-5-15-26(34)33-37)28(36)32-22-17-20-11-7-9-14-25(20)30-18-22/h2,6-11,13-14,16-18,23,37H,1,3-5,12,15,29H2,(H,31,35)(H,32,36)(H,33,34)/b21-16+. The fraction of sp³-hybridized carbons (Fsp3) is 0.214. The molecule has 3 rings (SSSR count). The van der Waals surface area contributed by atoms with Gasteiger partial charge in [0.25, 0.3) is 0 Å². The highest BCUT2D eigenvalue weighted by Crippen LogP contribution is 2.20. The van der Waals surface area contributed by atoms with E-state index in [0.29, 0.717) is 41.9 Å². The highest BCUT2D eigenvalue weighted by Gasteiger charge is 2.27. The number of hydrogen-bond donors (Lipinski definition) is 5. The quantitative estimate of drug-likeness (QED) is 0.0629. The summed E-state index contributed by atoms with van der Waals surface area (Å²) in [4.78, 5) is 42.1. The minimum atomic E-state index is -1.00. The third-order valence-electron chi connectivity index (χ3n) is 5.81. The molecule has 1 heterocycles. The van der Waals surface area contributed by atoms with Crippen LogP contribution in [0.4, 0.5) is 11.4 Å². The minimum absolute atomic E-state index is 0.157. The van der Waals surface area contributed by atoms with Gasteiger partial charge in [-0.2, -0.15) is 0 Å². The average Bonchev–Trinajstić information content (AvgIpc) is 2.91. The number of nitrogen functional groups attached to an aromatic ring is 1. The van der Waals surface area contributed by atoms with Gasteiger partial charge in [0.15, 0.2) is 0 Å². The number of unbranched alkanes of at least 4 members (excludes halogenated alkanes) is 2. The number of nitrogens with two attached hydrogens (primary N) is 1. The fourth-order valence-corrected chi connectivity index (χ4v) is 3.80. The van der Waals surface area contributed by atoms with Crippen LogP contribution in [0.3, 0.4) is 0 Å². The van der Waals surface area contributed by atoms with Crippen molar-refractivity contribution in [3.63, 3.8) is 0 Å². The first-order chi connectivity index (χ1) is 17.9. The van der Waals surface area contributed by atoms with Crippen molar-refractivity contribution in [2.75, 3.05) is 11.1 Å². The number of carbonyl (C=O) groups is 3. The van der Waals surface area contributed by atoms with Gasteiger partial charge in [-0.1, -0.05) is 55.8 Å². The van der Waals surface area contributed by atoms with Gasteiger partial charge < -0.3 is 16.4 Å². The maximum Gasteiger partial charge on any atom is 0.243 e. The number of anilines is 2. The van der Waals surface area contributed by atoms with E-state index in [9.17, 15) is 14.4 Å². The third kappa shape index (κ3) is 8.01. The number of hydrogen-bond acceptors (Lipinski definition) is 6. The van der Waals surface area contributed by atoms with Crippen molar-refractivity contribution in [3.8, 4) is 0 Å². The lowest BCUT2D eigenvalue weighted by Crippen LogP contribution is -2.37. The Hall–Kier alpha value is -4.50. The highest BCUT2D eigenvalue weighted by atomic mass is 16.5. The van der Waals surface area contributed by atoms with Crippen molar-refractivity contribution in [2.24, 2.45) is 5.92 Å². The highest BCUT2D eigenvalue weighted by molar-refractivity contribution is 6.07. The smallest absolute Gasteiger partial charge is 0.243 e. The van der Waals surface area contributed by atoms with E-state index < -0.39 is 23.6 Å². The molecule has 0 bridgehead atoms. The molecule has 0 aliphatic rings. The molecule has 0 fully saturated rings. The van der Waals surface area contributed by atoms with Crippen LogP contribution in [-0.4, -0.2) is 27.9 Å². The van der Waals surface area contributed by atoms with E-state index in [2.05, 4.69) is 22.2 Å². The number of amides is 3. The largest absolute Gasteiger partial charge is 0.398 e. The molecule has 0 aliphatic heterocycles. The van der Waals surface area contributed by atoms with Gasteiger partial charge in [-0.05, 0) is 48.8 Å².